The van der Waals surface area contributed by atoms with E-state index in [9.17, 15) is 9.00 Å². The van der Waals surface area contributed by atoms with Crippen molar-refractivity contribution in [2.75, 3.05) is 0 Å². The van der Waals surface area contributed by atoms with Gasteiger partial charge in [0.05, 0.1) is 15.7 Å². The number of nitrogens with zero attached hydrogens (tertiary/aromatic N) is 1. The quantitative estimate of drug-likeness (QED) is 0.320. The maximum absolute atomic E-state index is 12.0. The van der Waals surface area contributed by atoms with Gasteiger partial charge in [0.25, 0.3) is 0 Å². The van der Waals surface area contributed by atoms with E-state index in [1.807, 2.05) is 31.4 Å². The molecule has 6 heteroatoms. The summed E-state index contributed by atoms with van der Waals surface area (Å²) in [4.78, 5) is 10.7. The predicted molar refractivity (Wildman–Crippen MR) is 57.7 cm³/mol. The molecule has 16 heavy (non-hydrogen) atoms. The third-order valence-corrected chi connectivity index (χ3v) is 4.64. The van der Waals surface area contributed by atoms with Crippen LogP contribution in [-0.2, 0) is 15.8 Å². The van der Waals surface area contributed by atoms with E-state index in [0.29, 0.717) is 5.92 Å². The summed E-state index contributed by atoms with van der Waals surface area (Å²) in [6.07, 6.45) is 4.36. The van der Waals surface area contributed by atoms with E-state index in [2.05, 4.69) is 0 Å². The molecule has 0 aromatic rings. The second kappa shape index (κ2) is 5.32. The van der Waals surface area contributed by atoms with Crippen LogP contribution in [0.5, 0.6) is 0 Å². The van der Waals surface area contributed by atoms with Gasteiger partial charge in [0.15, 0.2) is 0 Å². The van der Waals surface area contributed by atoms with Crippen LogP contribution >= 0.6 is 0 Å². The fraction of sp³-hybridized carbons (Fsp3) is 0.900. The summed E-state index contributed by atoms with van der Waals surface area (Å²) in [5.74, 6) is 0.604. The molecule has 2 aliphatic rings. The maximum atomic E-state index is 12.0. The fourth-order valence-corrected chi connectivity index (χ4v) is 3.24. The van der Waals surface area contributed by atoms with E-state index in [-0.39, 0.29) is 41.2 Å². The fourth-order valence-electron chi connectivity index (χ4n) is 1.78. The molecule has 4 nitrogen and oxygen atoms in total. The Balaban J connectivity index is 0.00000112. The molecule has 88 valence electrons. The van der Waals surface area contributed by atoms with Gasteiger partial charge >= 0.3 is 18.9 Å². The topological polar surface area (TPSA) is 67.2 Å². The largest absolute Gasteiger partial charge is 1.00 e. The zero-order valence-corrected chi connectivity index (χ0v) is 11.1. The van der Waals surface area contributed by atoms with Crippen molar-refractivity contribution in [3.63, 3.8) is 0 Å². The first-order valence-corrected chi connectivity index (χ1v) is 6.15. The van der Waals surface area contributed by atoms with Crippen molar-refractivity contribution in [2.45, 2.75) is 50.4 Å². The normalized spacial score (nSPS) is 34.3. The van der Waals surface area contributed by atoms with Crippen molar-refractivity contribution in [1.29, 1.82) is 0 Å². The van der Waals surface area contributed by atoms with E-state index in [0.717, 1.165) is 0 Å². The Morgan fingerprint density at radius 2 is 1.81 bits per heavy atom. The van der Waals surface area contributed by atoms with Crippen molar-refractivity contribution in [1.82, 2.24) is 4.31 Å². The summed E-state index contributed by atoms with van der Waals surface area (Å²) in [6.45, 7) is 5.81. The monoisotopic (exact) mass is 238 g/mol. The molecule has 1 saturated heterocycles. The van der Waals surface area contributed by atoms with E-state index >= 15 is 0 Å². The summed E-state index contributed by atoms with van der Waals surface area (Å²) in [7, 11) is -1.05. The molecule has 0 bridgehead atoms. The number of carbonyl (C=O) groups excluding carboxylic acids is 1. The second-order valence-corrected chi connectivity index (χ2v) is 7.26. The van der Waals surface area contributed by atoms with Crippen molar-refractivity contribution >= 4 is 17.3 Å². The molecule has 2 fully saturated rings. The van der Waals surface area contributed by atoms with Crippen LogP contribution in [0.3, 0.4) is 0 Å². The van der Waals surface area contributed by atoms with Gasteiger partial charge in [-0.25, -0.2) is 14.8 Å². The Bertz CT molecular complexity index is 288. The van der Waals surface area contributed by atoms with Crippen molar-refractivity contribution in [3.05, 3.63) is 0 Å². The SMILES string of the molecule is CC(C)(C)[S@@](=O)N1C(C2CC2)[C@@H]1[C-]=O.[Li+].[OH-]. The Labute approximate surface area is 111 Å². The maximum Gasteiger partial charge on any atom is 1.00 e. The predicted octanol–water partition coefficient (Wildman–Crippen LogP) is -2.15. The van der Waals surface area contributed by atoms with Gasteiger partial charge in [-0.3, -0.25) is 0 Å². The van der Waals surface area contributed by atoms with Gasteiger partial charge in [0.1, 0.15) is 0 Å². The van der Waals surface area contributed by atoms with Crippen LogP contribution in [0.1, 0.15) is 33.6 Å². The number of hydrogen-bond donors (Lipinski definition) is 0. The standard InChI is InChI=1S/C10H16NO2S.Li.H2O/c1-10(2,3)14(13)11-8(6-12)9(11)7-4-5-7;;/h7-9H,4-5H2,1-3H3;;1H2/q-1;+1;/p-1/t8-,9?,11?,14+;;/m0../s1. The number of rotatable bonds is 3. The smallest absolute Gasteiger partial charge is 0.870 e. The third-order valence-electron chi connectivity index (χ3n) is 2.74. The summed E-state index contributed by atoms with van der Waals surface area (Å²) < 4.78 is 13.6. The molecule has 1 aliphatic heterocycles. The van der Waals surface area contributed by atoms with E-state index in [1.165, 1.54) is 12.8 Å². The van der Waals surface area contributed by atoms with Crippen LogP contribution in [0.4, 0.5) is 0 Å². The van der Waals surface area contributed by atoms with E-state index < -0.39 is 11.0 Å². The summed E-state index contributed by atoms with van der Waals surface area (Å²) in [6, 6.07) is 0.0371. The molecule has 2 rings (SSSR count). The second-order valence-electron chi connectivity index (χ2n) is 5.11. The van der Waals surface area contributed by atoms with Gasteiger partial charge < -0.3 is 10.3 Å². The van der Waals surface area contributed by atoms with Crippen molar-refractivity contribution in [2.24, 2.45) is 5.92 Å². The Morgan fingerprint density at radius 1 is 1.31 bits per heavy atom. The minimum absolute atomic E-state index is 0. The van der Waals surface area contributed by atoms with Crippen LogP contribution in [0, 0.1) is 5.92 Å². The third kappa shape index (κ3) is 2.96. The average Bonchev–Trinajstić information content (AvgIpc) is 2.94. The molecule has 0 aromatic heterocycles. The molecule has 1 saturated carbocycles. The van der Waals surface area contributed by atoms with Gasteiger partial charge in [0, 0.05) is 6.04 Å². The van der Waals surface area contributed by atoms with Crippen molar-refractivity contribution in [3.8, 4) is 0 Å². The molecule has 1 heterocycles. The summed E-state index contributed by atoms with van der Waals surface area (Å²) in [5, 5.41) is 0. The van der Waals surface area contributed by atoms with Crippen LogP contribution in [0.2, 0.25) is 0 Å². The first-order valence-electron chi connectivity index (χ1n) is 5.05. The molecule has 1 aliphatic carbocycles. The van der Waals surface area contributed by atoms with Gasteiger partial charge in [-0.15, -0.1) is 0 Å². The molecule has 0 aromatic carbocycles. The first-order chi connectivity index (χ1) is 6.46. The average molecular weight is 238 g/mol. The molecular formula is C10H17LiNO3S-. The molecule has 4 atom stereocenters. The Morgan fingerprint density at radius 3 is 2.12 bits per heavy atom. The summed E-state index contributed by atoms with van der Waals surface area (Å²) in [5.41, 5.74) is 0. The molecule has 1 N–H and O–H groups in total. The van der Waals surface area contributed by atoms with Crippen LogP contribution in [-0.4, -0.2) is 37.1 Å². The van der Waals surface area contributed by atoms with Gasteiger partial charge in [-0.1, -0.05) is 6.04 Å². The molecule has 0 radical (unpaired) electrons. The first kappa shape index (κ1) is 16.3. The Hall–Kier alpha value is 0.337. The van der Waals surface area contributed by atoms with Gasteiger partial charge in [-0.2, -0.15) is 0 Å². The molecule has 2 unspecified atom stereocenters. The molecule has 0 amide bonds. The minimum Gasteiger partial charge on any atom is -0.870 e. The zero-order valence-electron chi connectivity index (χ0n) is 10.3. The van der Waals surface area contributed by atoms with Crippen LogP contribution < -0.4 is 18.9 Å². The van der Waals surface area contributed by atoms with E-state index in [1.54, 1.807) is 0 Å². The number of hydrogen-bond acceptors (Lipinski definition) is 3. The molecule has 0 spiro atoms. The van der Waals surface area contributed by atoms with Crippen LogP contribution in [0.15, 0.2) is 0 Å². The summed E-state index contributed by atoms with van der Waals surface area (Å²) >= 11 is 0. The van der Waals surface area contributed by atoms with E-state index in [4.69, 9.17) is 0 Å². The molecular weight excluding hydrogens is 221 g/mol. The van der Waals surface area contributed by atoms with Crippen LogP contribution in [0.25, 0.3) is 0 Å². The van der Waals surface area contributed by atoms with Gasteiger partial charge in [0.2, 0.25) is 0 Å². The van der Waals surface area contributed by atoms with Crippen molar-refractivity contribution < 1.29 is 33.3 Å². The van der Waals surface area contributed by atoms with Gasteiger partial charge in [-0.05, 0) is 39.5 Å². The minimum atomic E-state index is -1.05. The zero-order chi connectivity index (χ0) is 10.5. The Kier molecular flexibility index (Phi) is 5.44.